The van der Waals surface area contributed by atoms with Crippen molar-refractivity contribution in [2.75, 3.05) is 10.6 Å². The Morgan fingerprint density at radius 3 is 2.14 bits per heavy atom. The van der Waals surface area contributed by atoms with E-state index in [1.54, 1.807) is 0 Å². The molecule has 2 aromatic carbocycles. The second-order valence-corrected chi connectivity index (χ2v) is 8.94. The Labute approximate surface area is 175 Å². The molecule has 3 rings (SSSR count). The van der Waals surface area contributed by atoms with Gasteiger partial charge in [-0.1, -0.05) is 50.6 Å². The summed E-state index contributed by atoms with van der Waals surface area (Å²) in [5.41, 5.74) is 4.01. The molecule has 0 aliphatic heterocycles. The van der Waals surface area contributed by atoms with Crippen molar-refractivity contribution in [2.24, 2.45) is 5.41 Å². The van der Waals surface area contributed by atoms with E-state index < -0.39 is 5.41 Å². The topological polar surface area (TPSA) is 71.1 Å². The second-order valence-electron chi connectivity index (χ2n) is 8.00. The van der Waals surface area contributed by atoms with Crippen LogP contribution in [-0.4, -0.2) is 16.8 Å². The average Bonchev–Trinajstić information content (AvgIpc) is 3.12. The lowest BCUT2D eigenvalue weighted by Gasteiger charge is -2.17. The quantitative estimate of drug-likeness (QED) is 0.604. The van der Waals surface area contributed by atoms with E-state index in [2.05, 4.69) is 15.6 Å². The van der Waals surface area contributed by atoms with E-state index in [9.17, 15) is 9.59 Å². The van der Waals surface area contributed by atoms with Crippen LogP contribution in [0.3, 0.4) is 0 Å². The molecule has 1 aromatic heterocycles. The molecule has 0 fully saturated rings. The number of nitrogens with one attached hydrogen (secondary N) is 2. The number of aryl methyl sites for hydroxylation is 1. The summed E-state index contributed by atoms with van der Waals surface area (Å²) in [6.07, 6.45) is 0.234. The molecule has 0 atom stereocenters. The first-order chi connectivity index (χ1) is 13.7. The molecule has 0 aliphatic rings. The SMILES string of the molecule is Cc1ccc(NC(=O)Cc2nc(-c3ccc(NC(=O)C(C)(C)C)cc3)cs2)cc1. The number of benzene rings is 2. The number of carbonyl (C=O) groups is 2. The summed E-state index contributed by atoms with van der Waals surface area (Å²) in [5.74, 6) is -0.115. The fourth-order valence-corrected chi connectivity index (χ4v) is 3.35. The van der Waals surface area contributed by atoms with E-state index in [4.69, 9.17) is 0 Å². The van der Waals surface area contributed by atoms with Crippen LogP contribution >= 0.6 is 11.3 Å². The number of thiazole rings is 1. The Kier molecular flexibility index (Phi) is 6.13. The maximum absolute atomic E-state index is 12.3. The van der Waals surface area contributed by atoms with Crippen molar-refractivity contribution in [3.8, 4) is 11.3 Å². The largest absolute Gasteiger partial charge is 0.326 e. The molecule has 0 bridgehead atoms. The van der Waals surface area contributed by atoms with E-state index in [1.165, 1.54) is 11.3 Å². The molecule has 0 spiro atoms. The number of nitrogens with zero attached hydrogens (tertiary/aromatic N) is 1. The van der Waals surface area contributed by atoms with Gasteiger partial charge in [-0.15, -0.1) is 11.3 Å². The van der Waals surface area contributed by atoms with E-state index >= 15 is 0 Å². The van der Waals surface area contributed by atoms with Gasteiger partial charge in [0.15, 0.2) is 0 Å². The number of aromatic nitrogens is 1. The van der Waals surface area contributed by atoms with E-state index in [-0.39, 0.29) is 18.2 Å². The Morgan fingerprint density at radius 2 is 1.52 bits per heavy atom. The van der Waals surface area contributed by atoms with Gasteiger partial charge in [-0.05, 0) is 31.2 Å². The van der Waals surface area contributed by atoms with Crippen LogP contribution in [0.25, 0.3) is 11.3 Å². The predicted octanol–water partition coefficient (Wildman–Crippen LogP) is 5.28. The number of anilines is 2. The minimum absolute atomic E-state index is 0.0271. The van der Waals surface area contributed by atoms with Crippen molar-refractivity contribution >= 4 is 34.5 Å². The Balaban J connectivity index is 1.61. The van der Waals surface area contributed by atoms with Crippen molar-refractivity contribution < 1.29 is 9.59 Å². The Morgan fingerprint density at radius 1 is 0.931 bits per heavy atom. The first-order valence-electron chi connectivity index (χ1n) is 9.43. The highest BCUT2D eigenvalue weighted by atomic mass is 32.1. The first kappa shape index (κ1) is 20.7. The highest BCUT2D eigenvalue weighted by Crippen LogP contribution is 2.25. The molecule has 2 N–H and O–H groups in total. The minimum atomic E-state index is -0.443. The van der Waals surface area contributed by atoms with Gasteiger partial charge < -0.3 is 10.6 Å². The van der Waals surface area contributed by atoms with E-state index in [1.807, 2.05) is 81.6 Å². The lowest BCUT2D eigenvalue weighted by atomic mass is 9.95. The number of hydrogen-bond acceptors (Lipinski definition) is 4. The zero-order chi connectivity index (χ0) is 21.0. The highest BCUT2D eigenvalue weighted by Gasteiger charge is 2.21. The Bertz CT molecular complexity index is 1000. The van der Waals surface area contributed by atoms with E-state index in [0.717, 1.165) is 33.2 Å². The molecule has 1 heterocycles. The summed E-state index contributed by atoms with van der Waals surface area (Å²) < 4.78 is 0. The molecular weight excluding hydrogens is 382 g/mol. The van der Waals surface area contributed by atoms with Gasteiger partial charge in [-0.2, -0.15) is 0 Å². The molecule has 2 amide bonds. The molecule has 29 heavy (non-hydrogen) atoms. The van der Waals surface area contributed by atoms with Crippen molar-refractivity contribution in [1.82, 2.24) is 4.98 Å². The maximum Gasteiger partial charge on any atom is 0.231 e. The molecule has 3 aromatic rings. The van der Waals surface area contributed by atoms with Crippen LogP contribution in [0.2, 0.25) is 0 Å². The monoisotopic (exact) mass is 407 g/mol. The molecule has 0 unspecified atom stereocenters. The highest BCUT2D eigenvalue weighted by molar-refractivity contribution is 7.10. The van der Waals surface area contributed by atoms with Gasteiger partial charge in [0.2, 0.25) is 11.8 Å². The normalized spacial score (nSPS) is 11.2. The van der Waals surface area contributed by atoms with Crippen molar-refractivity contribution in [3.63, 3.8) is 0 Å². The Hall–Kier alpha value is -2.99. The van der Waals surface area contributed by atoms with Crippen molar-refractivity contribution in [1.29, 1.82) is 0 Å². The maximum atomic E-state index is 12.3. The lowest BCUT2D eigenvalue weighted by molar-refractivity contribution is -0.123. The molecule has 0 aliphatic carbocycles. The predicted molar refractivity (Wildman–Crippen MR) is 119 cm³/mol. The minimum Gasteiger partial charge on any atom is -0.326 e. The van der Waals surface area contributed by atoms with Gasteiger partial charge in [0.1, 0.15) is 5.01 Å². The van der Waals surface area contributed by atoms with Crippen LogP contribution in [0.4, 0.5) is 11.4 Å². The van der Waals surface area contributed by atoms with Gasteiger partial charge in [0.05, 0.1) is 12.1 Å². The van der Waals surface area contributed by atoms with Gasteiger partial charge in [-0.25, -0.2) is 4.98 Å². The van der Waals surface area contributed by atoms with Crippen LogP contribution in [-0.2, 0) is 16.0 Å². The lowest BCUT2D eigenvalue weighted by Crippen LogP contribution is -2.27. The second kappa shape index (κ2) is 8.57. The van der Waals surface area contributed by atoms with Gasteiger partial charge >= 0.3 is 0 Å². The first-order valence-corrected chi connectivity index (χ1v) is 10.3. The summed E-state index contributed by atoms with van der Waals surface area (Å²) in [6, 6.07) is 15.3. The smallest absolute Gasteiger partial charge is 0.231 e. The van der Waals surface area contributed by atoms with Crippen LogP contribution < -0.4 is 10.6 Å². The van der Waals surface area contributed by atoms with Crippen molar-refractivity contribution in [2.45, 2.75) is 34.1 Å². The fourth-order valence-electron chi connectivity index (χ4n) is 2.55. The molecule has 5 nitrogen and oxygen atoms in total. The molecular formula is C23H25N3O2S. The van der Waals surface area contributed by atoms with Crippen LogP contribution in [0, 0.1) is 12.3 Å². The summed E-state index contributed by atoms with van der Waals surface area (Å²) in [7, 11) is 0. The molecule has 0 saturated heterocycles. The molecule has 0 radical (unpaired) electrons. The van der Waals surface area contributed by atoms with Gasteiger partial charge in [0, 0.05) is 27.7 Å². The van der Waals surface area contributed by atoms with E-state index in [0.29, 0.717) is 0 Å². The fraction of sp³-hybridized carbons (Fsp3) is 0.261. The third-order valence-electron chi connectivity index (χ3n) is 4.32. The number of rotatable bonds is 5. The van der Waals surface area contributed by atoms with Crippen LogP contribution in [0.1, 0.15) is 31.3 Å². The molecule has 150 valence electrons. The summed E-state index contributed by atoms with van der Waals surface area (Å²) in [5, 5.41) is 8.50. The van der Waals surface area contributed by atoms with Gasteiger partial charge in [0.25, 0.3) is 0 Å². The summed E-state index contributed by atoms with van der Waals surface area (Å²) >= 11 is 1.46. The third kappa shape index (κ3) is 5.74. The molecule has 6 heteroatoms. The average molecular weight is 408 g/mol. The third-order valence-corrected chi connectivity index (χ3v) is 5.17. The number of carbonyl (C=O) groups excluding carboxylic acids is 2. The summed E-state index contributed by atoms with van der Waals surface area (Å²) in [6.45, 7) is 7.64. The zero-order valence-corrected chi connectivity index (χ0v) is 17.9. The van der Waals surface area contributed by atoms with Crippen LogP contribution in [0.5, 0.6) is 0 Å². The zero-order valence-electron chi connectivity index (χ0n) is 17.1. The number of hydrogen-bond donors (Lipinski definition) is 2. The number of amides is 2. The van der Waals surface area contributed by atoms with Crippen molar-refractivity contribution in [3.05, 3.63) is 64.5 Å². The molecule has 0 saturated carbocycles. The standard InChI is InChI=1S/C23H25N3O2S/c1-15-5-9-17(10-6-15)24-20(27)13-21-26-19(14-29-21)16-7-11-18(12-8-16)25-22(28)23(2,3)4/h5-12,14H,13H2,1-4H3,(H,24,27)(H,25,28). The van der Waals surface area contributed by atoms with Gasteiger partial charge in [-0.3, -0.25) is 9.59 Å². The van der Waals surface area contributed by atoms with Crippen LogP contribution in [0.15, 0.2) is 53.9 Å². The summed E-state index contributed by atoms with van der Waals surface area (Å²) in [4.78, 5) is 28.9.